The zero-order chi connectivity index (χ0) is 23.7. The van der Waals surface area contributed by atoms with Crippen LogP contribution >= 0.6 is 0 Å². The minimum absolute atomic E-state index is 0.0994. The summed E-state index contributed by atoms with van der Waals surface area (Å²) in [5.74, 6) is 1.58. The number of ether oxygens (including phenoxy) is 3. The van der Waals surface area contributed by atoms with Crippen LogP contribution in [0, 0.1) is 11.3 Å². The predicted molar refractivity (Wildman–Crippen MR) is 125 cm³/mol. The van der Waals surface area contributed by atoms with Gasteiger partial charge >= 0.3 is 0 Å². The largest absolute Gasteiger partial charge is 0.485 e. The first-order valence-corrected chi connectivity index (χ1v) is 11.2. The Morgan fingerprint density at radius 3 is 2.65 bits per heavy atom. The Kier molecular flexibility index (Phi) is 5.81. The summed E-state index contributed by atoms with van der Waals surface area (Å²) in [5.41, 5.74) is 2.02. The van der Waals surface area contributed by atoms with Crippen molar-refractivity contribution >= 4 is 34.4 Å². The SMILES string of the molecule is CC(C)Nc1nc(Nc2ccc(C(=O)N3CCOCC3)c3c2OCCO3)nc2[nH]cc(C#N)c12. The molecule has 2 aliphatic heterocycles. The first-order chi connectivity index (χ1) is 16.5. The fourth-order valence-electron chi connectivity index (χ4n) is 4.02. The molecule has 3 aromatic rings. The highest BCUT2D eigenvalue weighted by Gasteiger charge is 2.28. The Hall–Kier alpha value is -4.04. The molecule has 11 heteroatoms. The molecular weight excluding hydrogens is 438 g/mol. The fourth-order valence-corrected chi connectivity index (χ4v) is 4.02. The van der Waals surface area contributed by atoms with Gasteiger partial charge in [0.15, 0.2) is 11.5 Å². The van der Waals surface area contributed by atoms with Gasteiger partial charge in [0, 0.05) is 25.3 Å². The van der Waals surface area contributed by atoms with Gasteiger partial charge in [-0.15, -0.1) is 0 Å². The van der Waals surface area contributed by atoms with E-state index in [4.69, 9.17) is 14.2 Å². The van der Waals surface area contributed by atoms with E-state index in [0.29, 0.717) is 90.6 Å². The van der Waals surface area contributed by atoms with Crippen molar-refractivity contribution < 1.29 is 19.0 Å². The number of carbonyl (C=O) groups is 1. The number of morpholine rings is 1. The van der Waals surface area contributed by atoms with Crippen LogP contribution in [0.2, 0.25) is 0 Å². The molecule has 0 saturated carbocycles. The summed E-state index contributed by atoms with van der Waals surface area (Å²) in [6.07, 6.45) is 1.61. The van der Waals surface area contributed by atoms with Crippen molar-refractivity contribution in [3.63, 3.8) is 0 Å². The molecule has 176 valence electrons. The molecule has 2 aromatic heterocycles. The molecule has 3 N–H and O–H groups in total. The summed E-state index contributed by atoms with van der Waals surface area (Å²) in [7, 11) is 0. The first kappa shape index (κ1) is 21.8. The number of nitriles is 1. The van der Waals surface area contributed by atoms with Crippen molar-refractivity contribution in [3.8, 4) is 17.6 Å². The second-order valence-corrected chi connectivity index (χ2v) is 8.28. The molecule has 1 aromatic carbocycles. The molecular formula is C23H25N7O4. The monoisotopic (exact) mass is 463 g/mol. The summed E-state index contributed by atoms with van der Waals surface area (Å²) in [4.78, 5) is 27.0. The van der Waals surface area contributed by atoms with E-state index in [-0.39, 0.29) is 11.9 Å². The third kappa shape index (κ3) is 4.04. The average Bonchev–Trinajstić information content (AvgIpc) is 3.27. The number of carbonyl (C=O) groups excluding carboxylic acids is 1. The Labute approximate surface area is 196 Å². The highest BCUT2D eigenvalue weighted by molar-refractivity contribution is 5.99. The van der Waals surface area contributed by atoms with Gasteiger partial charge in [-0.2, -0.15) is 15.2 Å². The van der Waals surface area contributed by atoms with E-state index in [0.717, 1.165) is 0 Å². The van der Waals surface area contributed by atoms with Crippen molar-refractivity contribution in [2.45, 2.75) is 19.9 Å². The van der Waals surface area contributed by atoms with Crippen LogP contribution in [0.15, 0.2) is 18.3 Å². The number of anilines is 3. The number of hydrogen-bond acceptors (Lipinski definition) is 9. The summed E-state index contributed by atoms with van der Waals surface area (Å²) >= 11 is 0. The van der Waals surface area contributed by atoms with Crippen molar-refractivity contribution in [1.82, 2.24) is 19.9 Å². The Morgan fingerprint density at radius 1 is 1.15 bits per heavy atom. The van der Waals surface area contributed by atoms with E-state index < -0.39 is 0 Å². The number of hydrogen-bond donors (Lipinski definition) is 3. The van der Waals surface area contributed by atoms with Crippen LogP contribution in [-0.2, 0) is 4.74 Å². The van der Waals surface area contributed by atoms with Crippen LogP contribution in [0.1, 0.15) is 29.8 Å². The fraction of sp³-hybridized carbons (Fsp3) is 0.391. The summed E-state index contributed by atoms with van der Waals surface area (Å²) in [6, 6.07) is 5.75. The van der Waals surface area contributed by atoms with Gasteiger partial charge in [-0.3, -0.25) is 4.79 Å². The van der Waals surface area contributed by atoms with Gasteiger partial charge in [0.2, 0.25) is 5.95 Å². The van der Waals surface area contributed by atoms with E-state index in [9.17, 15) is 10.1 Å². The number of aromatic amines is 1. The van der Waals surface area contributed by atoms with E-state index in [1.165, 1.54) is 0 Å². The second-order valence-electron chi connectivity index (χ2n) is 8.28. The Morgan fingerprint density at radius 2 is 1.91 bits per heavy atom. The molecule has 2 aliphatic rings. The molecule has 1 amide bonds. The lowest BCUT2D eigenvalue weighted by molar-refractivity contribution is 0.0298. The second kappa shape index (κ2) is 9.07. The van der Waals surface area contributed by atoms with Crippen LogP contribution in [0.5, 0.6) is 11.5 Å². The molecule has 0 bridgehead atoms. The lowest BCUT2D eigenvalue weighted by Crippen LogP contribution is -2.41. The first-order valence-electron chi connectivity index (χ1n) is 11.2. The molecule has 0 aliphatic carbocycles. The maximum atomic E-state index is 13.1. The van der Waals surface area contributed by atoms with E-state index in [2.05, 4.69) is 31.7 Å². The highest BCUT2D eigenvalue weighted by Crippen LogP contribution is 2.42. The lowest BCUT2D eigenvalue weighted by Gasteiger charge is -2.29. The number of nitrogens with one attached hydrogen (secondary N) is 3. The number of fused-ring (bicyclic) bond motifs is 2. The normalized spacial score (nSPS) is 15.3. The molecule has 5 rings (SSSR count). The van der Waals surface area contributed by atoms with Crippen molar-refractivity contribution in [2.75, 3.05) is 50.2 Å². The summed E-state index contributed by atoms with van der Waals surface area (Å²) in [5, 5.41) is 16.6. The van der Waals surface area contributed by atoms with Crippen LogP contribution < -0.4 is 20.1 Å². The van der Waals surface area contributed by atoms with Gasteiger partial charge in [0.05, 0.1) is 35.4 Å². The quantitative estimate of drug-likeness (QED) is 0.521. The zero-order valence-corrected chi connectivity index (χ0v) is 19.0. The van der Waals surface area contributed by atoms with E-state index >= 15 is 0 Å². The van der Waals surface area contributed by atoms with Gasteiger partial charge in [0.1, 0.15) is 30.7 Å². The number of rotatable bonds is 5. The zero-order valence-electron chi connectivity index (χ0n) is 19.0. The van der Waals surface area contributed by atoms with E-state index in [1.807, 2.05) is 13.8 Å². The van der Waals surface area contributed by atoms with Crippen LogP contribution in [0.4, 0.5) is 17.5 Å². The third-order valence-electron chi connectivity index (χ3n) is 5.54. The van der Waals surface area contributed by atoms with E-state index in [1.54, 1.807) is 23.2 Å². The molecule has 1 fully saturated rings. The molecule has 11 nitrogen and oxygen atoms in total. The summed E-state index contributed by atoms with van der Waals surface area (Å²) < 4.78 is 17.1. The smallest absolute Gasteiger partial charge is 0.257 e. The molecule has 4 heterocycles. The standard InChI is InChI=1S/C23H25N7O4/c1-13(2)26-21-17-14(11-24)12-25-20(17)28-23(29-21)27-16-4-3-15(18-19(16)34-10-9-33-18)22(31)30-5-7-32-8-6-30/h3-4,12-13H,5-10H2,1-2H3,(H3,25,26,27,28,29). The van der Waals surface area contributed by atoms with Crippen LogP contribution in [0.3, 0.4) is 0 Å². The van der Waals surface area contributed by atoms with Crippen molar-refractivity contribution in [2.24, 2.45) is 0 Å². The van der Waals surface area contributed by atoms with Gasteiger partial charge < -0.3 is 34.7 Å². The van der Waals surface area contributed by atoms with Crippen molar-refractivity contribution in [3.05, 3.63) is 29.5 Å². The number of H-pyrrole nitrogens is 1. The maximum Gasteiger partial charge on any atom is 0.257 e. The maximum absolute atomic E-state index is 13.1. The minimum Gasteiger partial charge on any atom is -0.485 e. The van der Waals surface area contributed by atoms with Crippen LogP contribution in [0.25, 0.3) is 11.0 Å². The number of benzene rings is 1. The number of amides is 1. The summed E-state index contributed by atoms with van der Waals surface area (Å²) in [6.45, 7) is 6.80. The molecule has 0 spiro atoms. The van der Waals surface area contributed by atoms with Gasteiger partial charge in [0.25, 0.3) is 5.91 Å². The van der Waals surface area contributed by atoms with Gasteiger partial charge in [-0.1, -0.05) is 0 Å². The third-order valence-corrected chi connectivity index (χ3v) is 5.54. The molecule has 34 heavy (non-hydrogen) atoms. The molecule has 0 radical (unpaired) electrons. The number of aromatic nitrogens is 3. The minimum atomic E-state index is -0.117. The van der Waals surface area contributed by atoms with Crippen LogP contribution in [-0.4, -0.2) is 71.3 Å². The topological polar surface area (TPSA) is 137 Å². The lowest BCUT2D eigenvalue weighted by atomic mass is 10.1. The Bertz CT molecular complexity index is 1270. The molecule has 1 saturated heterocycles. The van der Waals surface area contributed by atoms with Gasteiger partial charge in [-0.25, -0.2) is 0 Å². The van der Waals surface area contributed by atoms with Gasteiger partial charge in [-0.05, 0) is 26.0 Å². The number of nitrogens with zero attached hydrogens (tertiary/aromatic N) is 4. The molecule has 0 unspecified atom stereocenters. The highest BCUT2D eigenvalue weighted by atomic mass is 16.6. The predicted octanol–water partition coefficient (Wildman–Crippen LogP) is 2.64. The average molecular weight is 463 g/mol. The Balaban J connectivity index is 1.51. The van der Waals surface area contributed by atoms with Crippen molar-refractivity contribution in [1.29, 1.82) is 5.26 Å². The molecule has 0 atom stereocenters.